The standard InChI is InChI=1S/C16H26N2O/c1-3-14-7-9-16(12-17,10-8-14)19-11-15-6-4-5-13(2)18-15/h4-6,14H,3,7-12,17H2,1-2H3. The first-order valence-electron chi connectivity index (χ1n) is 7.44. The van der Waals surface area contributed by atoms with Crippen LogP contribution in [0.1, 0.15) is 50.4 Å². The third kappa shape index (κ3) is 3.77. The zero-order valence-electron chi connectivity index (χ0n) is 12.2. The van der Waals surface area contributed by atoms with Gasteiger partial charge in [-0.25, -0.2) is 0 Å². The average molecular weight is 262 g/mol. The van der Waals surface area contributed by atoms with E-state index in [1.165, 1.54) is 19.3 Å². The summed E-state index contributed by atoms with van der Waals surface area (Å²) in [6.45, 7) is 5.48. The summed E-state index contributed by atoms with van der Waals surface area (Å²) in [5, 5.41) is 0. The highest BCUT2D eigenvalue weighted by Crippen LogP contribution is 2.36. The van der Waals surface area contributed by atoms with Crippen LogP contribution in [0.2, 0.25) is 0 Å². The molecule has 0 aromatic carbocycles. The molecule has 3 nitrogen and oxygen atoms in total. The van der Waals surface area contributed by atoms with Crippen molar-refractivity contribution in [2.75, 3.05) is 6.54 Å². The first-order chi connectivity index (χ1) is 9.17. The lowest BCUT2D eigenvalue weighted by molar-refractivity contribution is -0.0823. The van der Waals surface area contributed by atoms with Gasteiger partial charge in [-0.15, -0.1) is 0 Å². The number of ether oxygens (including phenoxy) is 1. The second-order valence-electron chi connectivity index (χ2n) is 5.80. The average Bonchev–Trinajstić information content (AvgIpc) is 2.46. The van der Waals surface area contributed by atoms with Gasteiger partial charge < -0.3 is 10.5 Å². The third-order valence-corrected chi connectivity index (χ3v) is 4.44. The molecule has 0 aliphatic heterocycles. The summed E-state index contributed by atoms with van der Waals surface area (Å²) in [6.07, 6.45) is 5.95. The van der Waals surface area contributed by atoms with Gasteiger partial charge in [0, 0.05) is 12.2 Å². The quantitative estimate of drug-likeness (QED) is 0.886. The molecule has 0 amide bonds. The molecule has 0 unspecified atom stereocenters. The fourth-order valence-electron chi connectivity index (χ4n) is 2.93. The molecule has 0 saturated heterocycles. The fourth-order valence-corrected chi connectivity index (χ4v) is 2.93. The normalized spacial score (nSPS) is 27.4. The lowest BCUT2D eigenvalue weighted by Crippen LogP contribution is -2.43. The largest absolute Gasteiger partial charge is 0.367 e. The highest BCUT2D eigenvalue weighted by Gasteiger charge is 2.34. The van der Waals surface area contributed by atoms with Gasteiger partial charge in [-0.3, -0.25) is 4.98 Å². The SMILES string of the molecule is CCC1CCC(CN)(OCc2cccc(C)n2)CC1. The van der Waals surface area contributed by atoms with Crippen LogP contribution in [0.4, 0.5) is 0 Å². The molecule has 2 N–H and O–H groups in total. The summed E-state index contributed by atoms with van der Waals surface area (Å²) in [7, 11) is 0. The number of hydrogen-bond acceptors (Lipinski definition) is 3. The number of aromatic nitrogens is 1. The van der Waals surface area contributed by atoms with E-state index in [2.05, 4.69) is 11.9 Å². The van der Waals surface area contributed by atoms with Gasteiger partial charge in [0.05, 0.1) is 17.9 Å². The van der Waals surface area contributed by atoms with E-state index in [0.29, 0.717) is 13.2 Å². The van der Waals surface area contributed by atoms with Crippen LogP contribution in [-0.4, -0.2) is 17.1 Å². The first kappa shape index (κ1) is 14.5. The number of aryl methyl sites for hydroxylation is 1. The number of nitrogens with two attached hydrogens (primary N) is 1. The van der Waals surface area contributed by atoms with Crippen LogP contribution in [0, 0.1) is 12.8 Å². The summed E-state index contributed by atoms with van der Waals surface area (Å²) >= 11 is 0. The molecule has 1 aromatic rings. The van der Waals surface area contributed by atoms with Crippen LogP contribution >= 0.6 is 0 Å². The maximum Gasteiger partial charge on any atom is 0.0896 e. The Balaban J connectivity index is 1.92. The van der Waals surface area contributed by atoms with E-state index >= 15 is 0 Å². The van der Waals surface area contributed by atoms with E-state index in [4.69, 9.17) is 10.5 Å². The van der Waals surface area contributed by atoms with Crippen LogP contribution in [0.3, 0.4) is 0 Å². The Morgan fingerprint density at radius 3 is 2.68 bits per heavy atom. The van der Waals surface area contributed by atoms with Gasteiger partial charge in [-0.2, -0.15) is 0 Å². The van der Waals surface area contributed by atoms with E-state index in [0.717, 1.165) is 30.1 Å². The van der Waals surface area contributed by atoms with Gasteiger partial charge in [0.2, 0.25) is 0 Å². The number of hydrogen-bond donors (Lipinski definition) is 1. The molecule has 1 heterocycles. The second kappa shape index (κ2) is 6.49. The molecule has 1 aliphatic carbocycles. The molecule has 3 heteroatoms. The van der Waals surface area contributed by atoms with E-state index in [1.54, 1.807) is 0 Å². The van der Waals surface area contributed by atoms with Gasteiger partial charge in [0.25, 0.3) is 0 Å². The van der Waals surface area contributed by atoms with Crippen molar-refractivity contribution in [3.05, 3.63) is 29.6 Å². The van der Waals surface area contributed by atoms with Crippen LogP contribution in [0.25, 0.3) is 0 Å². The molecule has 19 heavy (non-hydrogen) atoms. The lowest BCUT2D eigenvalue weighted by Gasteiger charge is -2.39. The summed E-state index contributed by atoms with van der Waals surface area (Å²) in [6, 6.07) is 6.06. The molecule has 0 spiro atoms. The van der Waals surface area contributed by atoms with Crippen molar-refractivity contribution in [3.8, 4) is 0 Å². The number of rotatable bonds is 5. The zero-order valence-corrected chi connectivity index (χ0v) is 12.2. The van der Waals surface area contributed by atoms with Crippen LogP contribution in [-0.2, 0) is 11.3 Å². The summed E-state index contributed by atoms with van der Waals surface area (Å²) in [5.41, 5.74) is 7.90. The van der Waals surface area contributed by atoms with E-state index < -0.39 is 0 Å². The van der Waals surface area contributed by atoms with E-state index in [-0.39, 0.29) is 5.60 Å². The Labute approximate surface area is 116 Å². The molecule has 1 aromatic heterocycles. The van der Waals surface area contributed by atoms with Crippen molar-refractivity contribution in [2.24, 2.45) is 11.7 Å². The minimum Gasteiger partial charge on any atom is -0.367 e. The highest BCUT2D eigenvalue weighted by molar-refractivity contribution is 5.09. The minimum atomic E-state index is -0.114. The molecule has 1 saturated carbocycles. The number of nitrogens with zero attached hydrogens (tertiary/aromatic N) is 1. The van der Waals surface area contributed by atoms with Crippen LogP contribution in [0.15, 0.2) is 18.2 Å². The summed E-state index contributed by atoms with van der Waals surface area (Å²) in [4.78, 5) is 4.49. The molecule has 0 bridgehead atoms. The van der Waals surface area contributed by atoms with Crippen molar-refractivity contribution in [2.45, 2.75) is 58.2 Å². The van der Waals surface area contributed by atoms with Crippen molar-refractivity contribution < 1.29 is 4.74 Å². The van der Waals surface area contributed by atoms with Gasteiger partial charge >= 0.3 is 0 Å². The van der Waals surface area contributed by atoms with E-state index in [1.807, 2.05) is 25.1 Å². The Morgan fingerprint density at radius 2 is 2.11 bits per heavy atom. The van der Waals surface area contributed by atoms with Crippen LogP contribution in [0.5, 0.6) is 0 Å². The Morgan fingerprint density at radius 1 is 1.37 bits per heavy atom. The summed E-state index contributed by atoms with van der Waals surface area (Å²) in [5.74, 6) is 0.861. The molecule has 1 fully saturated rings. The summed E-state index contributed by atoms with van der Waals surface area (Å²) < 4.78 is 6.17. The Kier molecular flexibility index (Phi) is 4.94. The molecule has 1 aliphatic rings. The number of pyridine rings is 1. The van der Waals surface area contributed by atoms with Gasteiger partial charge in [0.15, 0.2) is 0 Å². The predicted molar refractivity (Wildman–Crippen MR) is 77.8 cm³/mol. The molecule has 0 radical (unpaired) electrons. The maximum absolute atomic E-state index is 6.17. The smallest absolute Gasteiger partial charge is 0.0896 e. The lowest BCUT2D eigenvalue weighted by atomic mass is 9.77. The molecular weight excluding hydrogens is 236 g/mol. The van der Waals surface area contributed by atoms with Crippen molar-refractivity contribution in [1.29, 1.82) is 0 Å². The Bertz CT molecular complexity index is 397. The van der Waals surface area contributed by atoms with Gasteiger partial charge in [-0.1, -0.05) is 19.4 Å². The molecule has 0 atom stereocenters. The highest BCUT2D eigenvalue weighted by atomic mass is 16.5. The third-order valence-electron chi connectivity index (χ3n) is 4.44. The topological polar surface area (TPSA) is 48.1 Å². The van der Waals surface area contributed by atoms with Gasteiger partial charge in [0.1, 0.15) is 0 Å². The van der Waals surface area contributed by atoms with E-state index in [9.17, 15) is 0 Å². The minimum absolute atomic E-state index is 0.114. The Hall–Kier alpha value is -0.930. The second-order valence-corrected chi connectivity index (χ2v) is 5.80. The first-order valence-corrected chi connectivity index (χ1v) is 7.44. The maximum atomic E-state index is 6.17. The van der Waals surface area contributed by atoms with Crippen molar-refractivity contribution >= 4 is 0 Å². The monoisotopic (exact) mass is 262 g/mol. The van der Waals surface area contributed by atoms with Crippen LogP contribution < -0.4 is 5.73 Å². The van der Waals surface area contributed by atoms with Crippen molar-refractivity contribution in [3.63, 3.8) is 0 Å². The fraction of sp³-hybridized carbons (Fsp3) is 0.688. The molecule has 2 rings (SSSR count). The van der Waals surface area contributed by atoms with Crippen molar-refractivity contribution in [1.82, 2.24) is 4.98 Å². The molecule has 106 valence electrons. The molecular formula is C16H26N2O. The zero-order chi connectivity index (χ0) is 13.7. The van der Waals surface area contributed by atoms with Gasteiger partial charge in [-0.05, 0) is 50.7 Å². The predicted octanol–water partition coefficient (Wildman–Crippen LogP) is 3.20.